The molecule has 2 N–H and O–H groups in total. The number of hydrogen-bond donors (Lipinski definition) is 2. The lowest BCUT2D eigenvalue weighted by atomic mass is 10.1. The van der Waals surface area contributed by atoms with Gasteiger partial charge < -0.3 is 15.4 Å². The molecule has 1 aliphatic heterocycles. The van der Waals surface area contributed by atoms with Gasteiger partial charge in [0.25, 0.3) is 0 Å². The molecule has 1 aromatic rings. The number of halogens is 1. The van der Waals surface area contributed by atoms with Gasteiger partial charge >= 0.3 is 0 Å². The van der Waals surface area contributed by atoms with Crippen LogP contribution in [0.15, 0.2) is 24.3 Å². The van der Waals surface area contributed by atoms with E-state index in [0.29, 0.717) is 19.6 Å². The number of amides is 1. The van der Waals surface area contributed by atoms with Crippen LogP contribution in [0.5, 0.6) is 0 Å². The van der Waals surface area contributed by atoms with Crippen molar-refractivity contribution in [2.45, 2.75) is 25.5 Å². The molecule has 104 valence electrons. The van der Waals surface area contributed by atoms with E-state index in [0.717, 1.165) is 12.1 Å². The summed E-state index contributed by atoms with van der Waals surface area (Å²) in [7, 11) is 0. The fourth-order valence-electron chi connectivity index (χ4n) is 2.12. The zero-order valence-electron chi connectivity index (χ0n) is 11.0. The van der Waals surface area contributed by atoms with Gasteiger partial charge in [0, 0.05) is 13.1 Å². The van der Waals surface area contributed by atoms with Crippen molar-refractivity contribution in [3.63, 3.8) is 0 Å². The topological polar surface area (TPSA) is 50.4 Å². The standard InChI is InChI=1S/C14H19FN2O2/c1-10(11-3-2-4-12(15)7-11)17-14(18)8-13-9-16-5-6-19-13/h2-4,7,10,13,16H,5-6,8-9H2,1H3,(H,17,18)/t10-,13?/m0/s1. The Morgan fingerprint density at radius 2 is 2.47 bits per heavy atom. The van der Waals surface area contributed by atoms with E-state index in [1.54, 1.807) is 12.1 Å². The molecule has 1 aromatic carbocycles. The Bertz CT molecular complexity index is 433. The van der Waals surface area contributed by atoms with E-state index in [1.165, 1.54) is 12.1 Å². The molecule has 5 heteroatoms. The number of rotatable bonds is 4. The van der Waals surface area contributed by atoms with Crippen LogP contribution in [0.2, 0.25) is 0 Å². The first kappa shape index (κ1) is 14.0. The summed E-state index contributed by atoms with van der Waals surface area (Å²) < 4.78 is 18.6. The number of nitrogens with one attached hydrogen (secondary N) is 2. The maximum absolute atomic E-state index is 13.1. The molecule has 19 heavy (non-hydrogen) atoms. The van der Waals surface area contributed by atoms with Crippen LogP contribution in [0.3, 0.4) is 0 Å². The van der Waals surface area contributed by atoms with Crippen LogP contribution in [0.4, 0.5) is 4.39 Å². The Morgan fingerprint density at radius 3 is 3.16 bits per heavy atom. The van der Waals surface area contributed by atoms with Gasteiger partial charge in [-0.1, -0.05) is 12.1 Å². The molecule has 1 amide bonds. The lowest BCUT2D eigenvalue weighted by Gasteiger charge is -2.24. The average Bonchev–Trinajstić information content (AvgIpc) is 2.39. The number of carbonyl (C=O) groups is 1. The van der Waals surface area contributed by atoms with Gasteiger partial charge in [-0.25, -0.2) is 4.39 Å². The normalized spacial score (nSPS) is 20.8. The molecule has 2 atom stereocenters. The highest BCUT2D eigenvalue weighted by Crippen LogP contribution is 2.14. The van der Waals surface area contributed by atoms with E-state index in [1.807, 2.05) is 6.92 Å². The van der Waals surface area contributed by atoms with Crippen molar-refractivity contribution in [3.05, 3.63) is 35.6 Å². The minimum Gasteiger partial charge on any atom is -0.375 e. The molecule has 1 heterocycles. The van der Waals surface area contributed by atoms with Gasteiger partial charge in [0.1, 0.15) is 5.82 Å². The number of carbonyl (C=O) groups excluding carboxylic acids is 1. The molecule has 1 fully saturated rings. The highest BCUT2D eigenvalue weighted by Gasteiger charge is 2.18. The van der Waals surface area contributed by atoms with Gasteiger partial charge in [-0.3, -0.25) is 4.79 Å². The fourth-order valence-corrected chi connectivity index (χ4v) is 2.12. The molecule has 0 radical (unpaired) electrons. The van der Waals surface area contributed by atoms with Crippen LogP contribution in [-0.2, 0) is 9.53 Å². The quantitative estimate of drug-likeness (QED) is 0.865. The molecule has 2 rings (SSSR count). The predicted molar refractivity (Wildman–Crippen MR) is 70.2 cm³/mol. The van der Waals surface area contributed by atoms with Crippen LogP contribution in [0.25, 0.3) is 0 Å². The van der Waals surface area contributed by atoms with Crippen LogP contribution in [-0.4, -0.2) is 31.7 Å². The van der Waals surface area contributed by atoms with Crippen LogP contribution >= 0.6 is 0 Å². The lowest BCUT2D eigenvalue weighted by Crippen LogP contribution is -2.41. The van der Waals surface area contributed by atoms with E-state index in [2.05, 4.69) is 10.6 Å². The van der Waals surface area contributed by atoms with Crippen molar-refractivity contribution < 1.29 is 13.9 Å². The third kappa shape index (κ3) is 4.29. The van der Waals surface area contributed by atoms with Gasteiger partial charge in [0.05, 0.1) is 25.2 Å². The van der Waals surface area contributed by atoms with Crippen LogP contribution < -0.4 is 10.6 Å². The molecular weight excluding hydrogens is 247 g/mol. The number of benzene rings is 1. The monoisotopic (exact) mass is 266 g/mol. The highest BCUT2D eigenvalue weighted by molar-refractivity contribution is 5.77. The summed E-state index contributed by atoms with van der Waals surface area (Å²) in [6, 6.07) is 6.05. The number of hydrogen-bond acceptors (Lipinski definition) is 3. The van der Waals surface area contributed by atoms with Gasteiger partial charge in [-0.05, 0) is 24.6 Å². The first-order valence-electron chi connectivity index (χ1n) is 6.52. The average molecular weight is 266 g/mol. The molecular formula is C14H19FN2O2. The van der Waals surface area contributed by atoms with Crippen LogP contribution in [0.1, 0.15) is 24.9 Å². The predicted octanol–water partition coefficient (Wildman–Crippen LogP) is 1.38. The second-order valence-electron chi connectivity index (χ2n) is 4.75. The largest absolute Gasteiger partial charge is 0.375 e. The second-order valence-corrected chi connectivity index (χ2v) is 4.75. The Kier molecular flexibility index (Phi) is 4.87. The third-order valence-electron chi connectivity index (χ3n) is 3.14. The SMILES string of the molecule is C[C@H](NC(=O)CC1CNCCO1)c1cccc(F)c1. The maximum Gasteiger partial charge on any atom is 0.223 e. The molecule has 1 aliphatic rings. The van der Waals surface area contributed by atoms with E-state index >= 15 is 0 Å². The molecule has 0 aromatic heterocycles. The number of ether oxygens (including phenoxy) is 1. The summed E-state index contributed by atoms with van der Waals surface area (Å²) in [6.45, 7) is 4.00. The zero-order chi connectivity index (χ0) is 13.7. The molecule has 1 unspecified atom stereocenters. The van der Waals surface area contributed by atoms with Gasteiger partial charge in [-0.15, -0.1) is 0 Å². The van der Waals surface area contributed by atoms with Crippen molar-refractivity contribution in [2.75, 3.05) is 19.7 Å². The van der Waals surface area contributed by atoms with Crippen molar-refractivity contribution in [1.82, 2.24) is 10.6 Å². The maximum atomic E-state index is 13.1. The first-order valence-corrected chi connectivity index (χ1v) is 6.52. The zero-order valence-corrected chi connectivity index (χ0v) is 11.0. The van der Waals surface area contributed by atoms with Gasteiger partial charge in [0.2, 0.25) is 5.91 Å². The fraction of sp³-hybridized carbons (Fsp3) is 0.500. The van der Waals surface area contributed by atoms with Crippen LogP contribution in [0, 0.1) is 5.82 Å². The summed E-state index contributed by atoms with van der Waals surface area (Å²) in [5.74, 6) is -0.371. The minimum atomic E-state index is -0.293. The summed E-state index contributed by atoms with van der Waals surface area (Å²) in [6.07, 6.45) is 0.251. The molecule has 4 nitrogen and oxygen atoms in total. The van der Waals surface area contributed by atoms with Crippen molar-refractivity contribution in [3.8, 4) is 0 Å². The molecule has 1 saturated heterocycles. The Morgan fingerprint density at radius 1 is 1.63 bits per heavy atom. The summed E-state index contributed by atoms with van der Waals surface area (Å²) in [5, 5.41) is 6.04. The van der Waals surface area contributed by atoms with Crippen molar-refractivity contribution in [1.29, 1.82) is 0 Å². The van der Waals surface area contributed by atoms with Crippen molar-refractivity contribution in [2.24, 2.45) is 0 Å². The first-order chi connectivity index (χ1) is 9.15. The van der Waals surface area contributed by atoms with E-state index in [9.17, 15) is 9.18 Å². The summed E-state index contributed by atoms with van der Waals surface area (Å²) >= 11 is 0. The molecule has 0 spiro atoms. The molecule has 0 saturated carbocycles. The van der Waals surface area contributed by atoms with Crippen molar-refractivity contribution >= 4 is 5.91 Å². The smallest absolute Gasteiger partial charge is 0.223 e. The highest BCUT2D eigenvalue weighted by atomic mass is 19.1. The number of morpholine rings is 1. The third-order valence-corrected chi connectivity index (χ3v) is 3.14. The van der Waals surface area contributed by atoms with E-state index < -0.39 is 0 Å². The Hall–Kier alpha value is -1.46. The summed E-state index contributed by atoms with van der Waals surface area (Å²) in [4.78, 5) is 11.9. The van der Waals surface area contributed by atoms with E-state index in [-0.39, 0.29) is 23.9 Å². The molecule has 0 bridgehead atoms. The minimum absolute atomic E-state index is 0.0755. The van der Waals surface area contributed by atoms with E-state index in [4.69, 9.17) is 4.74 Å². The lowest BCUT2D eigenvalue weighted by molar-refractivity contribution is -0.125. The van der Waals surface area contributed by atoms with Gasteiger partial charge in [0.15, 0.2) is 0 Å². The Labute approximate surface area is 112 Å². The second kappa shape index (κ2) is 6.63. The Balaban J connectivity index is 1.84. The summed E-state index contributed by atoms with van der Waals surface area (Å²) in [5.41, 5.74) is 0.760. The molecule has 0 aliphatic carbocycles. The van der Waals surface area contributed by atoms with Gasteiger partial charge in [-0.2, -0.15) is 0 Å².